The van der Waals surface area contributed by atoms with Crippen molar-refractivity contribution in [3.63, 3.8) is 0 Å². The number of nitrogens with one attached hydrogen (secondary N) is 2. The van der Waals surface area contributed by atoms with Crippen molar-refractivity contribution in [2.24, 2.45) is 0 Å². The lowest BCUT2D eigenvalue weighted by molar-refractivity contribution is 0.0601. The maximum atomic E-state index is 12.7. The van der Waals surface area contributed by atoms with Gasteiger partial charge in [-0.25, -0.2) is 4.79 Å². The number of para-hydroxylation sites is 1. The average molecular weight is 429 g/mol. The zero-order chi connectivity index (χ0) is 21.0. The summed E-state index contributed by atoms with van der Waals surface area (Å²) in [5.41, 5.74) is 1.43. The van der Waals surface area contributed by atoms with Gasteiger partial charge in [-0.2, -0.15) is 0 Å². The van der Waals surface area contributed by atoms with Gasteiger partial charge in [0.2, 0.25) is 0 Å². The third-order valence-corrected chi connectivity index (χ3v) is 5.66. The van der Waals surface area contributed by atoms with Crippen LogP contribution in [0.5, 0.6) is 0 Å². The molecular formula is C21H17ClN2O4S. The summed E-state index contributed by atoms with van der Waals surface area (Å²) < 4.78 is 4.84. The minimum atomic E-state index is -0.646. The van der Waals surface area contributed by atoms with E-state index in [0.717, 1.165) is 11.3 Å². The Labute approximate surface area is 176 Å². The Bertz CT molecular complexity index is 1080. The molecule has 0 aliphatic heterocycles. The quantitative estimate of drug-likeness (QED) is 0.560. The number of carbonyl (C=O) groups excluding carboxylic acids is 3. The summed E-state index contributed by atoms with van der Waals surface area (Å²) in [4.78, 5) is 38.0. The third-order valence-electron chi connectivity index (χ3n) is 4.12. The Morgan fingerprint density at radius 3 is 2.24 bits per heavy atom. The van der Waals surface area contributed by atoms with E-state index in [2.05, 4.69) is 10.6 Å². The standard InChI is InChI=1S/C21H17ClN2O4S/c1-12-16(21(27)28-2)20(24-18(25)14-10-6-7-11-15(14)22)29-17(12)19(26)23-13-8-4-3-5-9-13/h3-11H,1-2H3,(H,23,26)(H,24,25). The summed E-state index contributed by atoms with van der Waals surface area (Å²) in [6, 6.07) is 15.5. The first-order valence-electron chi connectivity index (χ1n) is 8.56. The van der Waals surface area contributed by atoms with Crippen LogP contribution in [-0.4, -0.2) is 24.9 Å². The summed E-state index contributed by atoms with van der Waals surface area (Å²) in [7, 11) is 1.24. The summed E-state index contributed by atoms with van der Waals surface area (Å²) in [6.45, 7) is 1.63. The fourth-order valence-corrected chi connectivity index (χ4v) is 4.00. The second-order valence-corrected chi connectivity index (χ2v) is 7.43. The number of rotatable bonds is 5. The SMILES string of the molecule is COC(=O)c1c(NC(=O)c2ccccc2Cl)sc(C(=O)Nc2ccccc2)c1C. The van der Waals surface area contributed by atoms with Gasteiger partial charge in [0, 0.05) is 5.69 Å². The maximum Gasteiger partial charge on any atom is 0.341 e. The van der Waals surface area contributed by atoms with Gasteiger partial charge in [-0.3, -0.25) is 9.59 Å². The number of hydrogen-bond acceptors (Lipinski definition) is 5. The van der Waals surface area contributed by atoms with Gasteiger partial charge in [0.25, 0.3) is 11.8 Å². The Kier molecular flexibility index (Phi) is 6.31. The van der Waals surface area contributed by atoms with Crippen molar-refractivity contribution >= 4 is 51.4 Å². The lowest BCUT2D eigenvalue weighted by Crippen LogP contribution is -2.14. The molecule has 1 heterocycles. The summed E-state index contributed by atoms with van der Waals surface area (Å²) in [5, 5.41) is 5.95. The van der Waals surface area contributed by atoms with Crippen molar-refractivity contribution in [1.29, 1.82) is 0 Å². The van der Waals surface area contributed by atoms with E-state index in [9.17, 15) is 14.4 Å². The number of methoxy groups -OCH3 is 1. The van der Waals surface area contributed by atoms with Crippen molar-refractivity contribution in [2.75, 3.05) is 17.7 Å². The molecule has 148 valence electrons. The highest BCUT2D eigenvalue weighted by atomic mass is 35.5. The van der Waals surface area contributed by atoms with Crippen LogP contribution in [0.25, 0.3) is 0 Å². The molecule has 0 fully saturated rings. The molecule has 0 saturated heterocycles. The number of halogens is 1. The second kappa shape index (κ2) is 8.89. The molecule has 2 N–H and O–H groups in total. The lowest BCUT2D eigenvalue weighted by atomic mass is 10.1. The number of benzene rings is 2. The molecule has 0 saturated carbocycles. The number of ether oxygens (including phenoxy) is 1. The number of esters is 1. The van der Waals surface area contributed by atoms with Crippen molar-refractivity contribution in [3.05, 3.63) is 81.2 Å². The first kappa shape index (κ1) is 20.6. The predicted molar refractivity (Wildman–Crippen MR) is 114 cm³/mol. The number of hydrogen-bond donors (Lipinski definition) is 2. The maximum absolute atomic E-state index is 12.7. The Morgan fingerprint density at radius 2 is 1.59 bits per heavy atom. The summed E-state index contributed by atoms with van der Waals surface area (Å²) in [5.74, 6) is -1.52. The summed E-state index contributed by atoms with van der Waals surface area (Å²) >= 11 is 7.08. The molecule has 0 atom stereocenters. The first-order valence-corrected chi connectivity index (χ1v) is 9.75. The fourth-order valence-electron chi connectivity index (χ4n) is 2.69. The Hall–Kier alpha value is -3.16. The Balaban J connectivity index is 1.95. The molecule has 0 aliphatic rings. The van der Waals surface area contributed by atoms with Gasteiger partial charge in [-0.1, -0.05) is 41.9 Å². The minimum absolute atomic E-state index is 0.135. The smallest absolute Gasteiger partial charge is 0.341 e. The number of carbonyl (C=O) groups is 3. The lowest BCUT2D eigenvalue weighted by Gasteiger charge is -2.07. The molecular weight excluding hydrogens is 412 g/mol. The van der Waals surface area contributed by atoms with Crippen molar-refractivity contribution in [3.8, 4) is 0 Å². The van der Waals surface area contributed by atoms with Gasteiger partial charge in [-0.05, 0) is 36.8 Å². The van der Waals surface area contributed by atoms with Crippen LogP contribution in [0, 0.1) is 6.92 Å². The number of thiophene rings is 1. The van der Waals surface area contributed by atoms with Gasteiger partial charge < -0.3 is 15.4 Å². The topological polar surface area (TPSA) is 84.5 Å². The van der Waals surface area contributed by atoms with Crippen molar-refractivity contribution in [2.45, 2.75) is 6.92 Å². The van der Waals surface area contributed by atoms with Crippen LogP contribution in [0.3, 0.4) is 0 Å². The van der Waals surface area contributed by atoms with E-state index >= 15 is 0 Å². The van der Waals surface area contributed by atoms with Crippen LogP contribution in [0.15, 0.2) is 54.6 Å². The molecule has 0 aliphatic carbocycles. The van der Waals surface area contributed by atoms with E-state index in [1.54, 1.807) is 55.5 Å². The van der Waals surface area contributed by atoms with Crippen molar-refractivity contribution < 1.29 is 19.1 Å². The highest BCUT2D eigenvalue weighted by molar-refractivity contribution is 7.19. The van der Waals surface area contributed by atoms with E-state index in [1.807, 2.05) is 6.07 Å². The van der Waals surface area contributed by atoms with Gasteiger partial charge in [0.05, 0.1) is 28.1 Å². The van der Waals surface area contributed by atoms with E-state index in [0.29, 0.717) is 16.1 Å². The molecule has 1 aromatic heterocycles. The molecule has 0 unspecified atom stereocenters. The van der Waals surface area contributed by atoms with Gasteiger partial charge in [0.15, 0.2) is 0 Å². The average Bonchev–Trinajstić information content (AvgIpc) is 3.04. The summed E-state index contributed by atoms with van der Waals surface area (Å²) in [6.07, 6.45) is 0. The Morgan fingerprint density at radius 1 is 0.931 bits per heavy atom. The second-order valence-electron chi connectivity index (χ2n) is 6.01. The first-order chi connectivity index (χ1) is 13.9. The van der Waals surface area contributed by atoms with Crippen LogP contribution in [0.4, 0.5) is 10.7 Å². The highest BCUT2D eigenvalue weighted by Crippen LogP contribution is 2.35. The molecule has 6 nitrogen and oxygen atoms in total. The van der Waals surface area contributed by atoms with E-state index in [4.69, 9.17) is 16.3 Å². The van der Waals surface area contributed by atoms with E-state index < -0.39 is 11.9 Å². The molecule has 8 heteroatoms. The van der Waals surface area contributed by atoms with Gasteiger partial charge in [-0.15, -0.1) is 11.3 Å². The van der Waals surface area contributed by atoms with Crippen molar-refractivity contribution in [1.82, 2.24) is 0 Å². The zero-order valence-corrected chi connectivity index (χ0v) is 17.2. The minimum Gasteiger partial charge on any atom is -0.465 e. The molecule has 3 rings (SSSR count). The van der Waals surface area contributed by atoms with Gasteiger partial charge >= 0.3 is 5.97 Å². The molecule has 2 amide bonds. The number of anilines is 2. The fraction of sp³-hybridized carbons (Fsp3) is 0.0952. The normalized spacial score (nSPS) is 10.3. The van der Waals surface area contributed by atoms with E-state index in [-0.39, 0.29) is 27.1 Å². The number of amides is 2. The van der Waals surface area contributed by atoms with Crippen LogP contribution in [0.1, 0.15) is 36.0 Å². The van der Waals surface area contributed by atoms with Crippen LogP contribution >= 0.6 is 22.9 Å². The van der Waals surface area contributed by atoms with Crippen LogP contribution < -0.4 is 10.6 Å². The van der Waals surface area contributed by atoms with Crippen LogP contribution in [-0.2, 0) is 4.74 Å². The molecule has 3 aromatic rings. The molecule has 0 spiro atoms. The molecule has 0 bridgehead atoms. The molecule has 2 aromatic carbocycles. The van der Waals surface area contributed by atoms with Crippen LogP contribution in [0.2, 0.25) is 5.02 Å². The third kappa shape index (κ3) is 4.47. The predicted octanol–water partition coefficient (Wildman–Crippen LogP) is 5.00. The monoisotopic (exact) mass is 428 g/mol. The zero-order valence-electron chi connectivity index (χ0n) is 15.6. The molecule has 29 heavy (non-hydrogen) atoms. The largest absolute Gasteiger partial charge is 0.465 e. The van der Waals surface area contributed by atoms with E-state index in [1.165, 1.54) is 7.11 Å². The van der Waals surface area contributed by atoms with Gasteiger partial charge in [0.1, 0.15) is 5.00 Å². The molecule has 0 radical (unpaired) electrons. The highest BCUT2D eigenvalue weighted by Gasteiger charge is 2.27.